The molecule has 0 fully saturated rings. The Bertz CT molecular complexity index is 981. The molecule has 3 radical (unpaired) electrons. The van der Waals surface area contributed by atoms with Crippen LogP contribution in [0.4, 0.5) is 0 Å². The molecule has 4 heteroatoms. The summed E-state index contributed by atoms with van der Waals surface area (Å²) in [6, 6.07) is 34.3. The van der Waals surface area contributed by atoms with E-state index in [1.54, 1.807) is 0 Å². The van der Waals surface area contributed by atoms with Gasteiger partial charge in [-0.25, -0.2) is 0 Å². The Labute approximate surface area is 202 Å². The van der Waals surface area contributed by atoms with Gasteiger partial charge in [0.05, 0.1) is 0 Å². The molecule has 1 aliphatic carbocycles. The first kappa shape index (κ1) is 25.0. The van der Waals surface area contributed by atoms with Crippen molar-refractivity contribution < 1.29 is 20.8 Å². The van der Waals surface area contributed by atoms with Crippen LogP contribution in [0, 0.1) is 6.92 Å². The van der Waals surface area contributed by atoms with E-state index >= 15 is 0 Å². The normalized spacial score (nSPS) is 12.9. The van der Waals surface area contributed by atoms with E-state index in [1.165, 1.54) is 27.5 Å². The predicted molar refractivity (Wildman–Crippen MR) is 131 cm³/mol. The molecule has 0 nitrogen and oxygen atoms in total. The maximum absolute atomic E-state index is 4.93. The van der Waals surface area contributed by atoms with Crippen LogP contribution in [0.25, 0.3) is 16.8 Å². The Morgan fingerprint density at radius 2 is 1.50 bits per heavy atom. The SMILES string of the molecule is [CH2-]C1C=Cc2ccccc21.[Cl][Zr+2][Cl].[Si]Cc1ccccc1.c1ccc2[cH-]ccc2c1. The third kappa shape index (κ3) is 8.44. The molecule has 0 bridgehead atoms. The van der Waals surface area contributed by atoms with Crippen molar-refractivity contribution in [3.05, 3.63) is 127 Å². The minimum absolute atomic E-state index is 0.371. The summed E-state index contributed by atoms with van der Waals surface area (Å²) in [5.74, 6) is 0.371. The molecule has 1 unspecified atom stereocenters. The van der Waals surface area contributed by atoms with Crippen molar-refractivity contribution >= 4 is 44.1 Å². The van der Waals surface area contributed by atoms with Crippen LogP contribution in [0.2, 0.25) is 0 Å². The molecule has 0 N–H and O–H groups in total. The number of halogens is 2. The van der Waals surface area contributed by atoms with Crippen LogP contribution in [0.3, 0.4) is 0 Å². The fourth-order valence-corrected chi connectivity index (χ4v) is 3.23. The number of benzene rings is 3. The molecule has 0 spiro atoms. The maximum Gasteiger partial charge on any atom is 0.0283 e. The van der Waals surface area contributed by atoms with E-state index in [1.807, 2.05) is 18.2 Å². The van der Waals surface area contributed by atoms with E-state index in [0.717, 1.165) is 6.04 Å². The first-order chi connectivity index (χ1) is 14.7. The van der Waals surface area contributed by atoms with Crippen molar-refractivity contribution in [2.24, 2.45) is 0 Å². The van der Waals surface area contributed by atoms with Gasteiger partial charge in [-0.15, -0.1) is 41.6 Å². The zero-order valence-corrected chi connectivity index (χ0v) is 21.6. The minimum atomic E-state index is -0.826. The summed E-state index contributed by atoms with van der Waals surface area (Å²) in [6.07, 6.45) is 4.26. The van der Waals surface area contributed by atoms with E-state index in [9.17, 15) is 0 Å². The number of rotatable bonds is 1. The van der Waals surface area contributed by atoms with Crippen LogP contribution in [-0.4, -0.2) is 10.2 Å². The second-order valence-electron chi connectivity index (χ2n) is 6.48. The molecular weight excluding hydrogens is 503 g/mol. The first-order valence-electron chi connectivity index (χ1n) is 9.55. The molecule has 0 aliphatic heterocycles. The van der Waals surface area contributed by atoms with E-state index in [0.29, 0.717) is 5.92 Å². The number of hydrogen-bond acceptors (Lipinski definition) is 0. The molecule has 4 aromatic carbocycles. The Balaban J connectivity index is 0.000000151. The van der Waals surface area contributed by atoms with Gasteiger partial charge < -0.3 is 6.92 Å². The van der Waals surface area contributed by atoms with Crippen LogP contribution in [0.5, 0.6) is 0 Å². The molecule has 4 aromatic rings. The van der Waals surface area contributed by atoms with E-state index in [-0.39, 0.29) is 0 Å². The molecule has 5 rings (SSSR count). The molecular formula is C26H23Cl2SiZr. The number of fused-ring (bicyclic) bond motifs is 2. The smallest absolute Gasteiger partial charge is 0.0283 e. The van der Waals surface area contributed by atoms with Crippen LogP contribution in [-0.2, 0) is 26.9 Å². The van der Waals surface area contributed by atoms with Gasteiger partial charge in [0.25, 0.3) is 0 Å². The van der Waals surface area contributed by atoms with Crippen molar-refractivity contribution in [2.75, 3.05) is 0 Å². The molecule has 0 amide bonds. The van der Waals surface area contributed by atoms with Gasteiger partial charge in [0.1, 0.15) is 0 Å². The second-order valence-corrected chi connectivity index (χ2v) is 10.6. The van der Waals surface area contributed by atoms with Crippen molar-refractivity contribution in [2.45, 2.75) is 12.0 Å². The third-order valence-corrected chi connectivity index (χ3v) is 4.91. The molecule has 0 saturated carbocycles. The quantitative estimate of drug-likeness (QED) is 0.175. The molecule has 0 heterocycles. The molecule has 149 valence electrons. The largest absolute Gasteiger partial charge is 0.168 e. The zero-order valence-electron chi connectivity index (χ0n) is 16.6. The molecule has 1 aliphatic rings. The van der Waals surface area contributed by atoms with Gasteiger partial charge in [0.2, 0.25) is 0 Å². The van der Waals surface area contributed by atoms with Crippen molar-refractivity contribution in [3.63, 3.8) is 0 Å². The zero-order chi connectivity index (χ0) is 21.6. The van der Waals surface area contributed by atoms with Crippen LogP contribution in [0.15, 0.2) is 103 Å². The van der Waals surface area contributed by atoms with Crippen LogP contribution in [0.1, 0.15) is 22.6 Å². The van der Waals surface area contributed by atoms with E-state index < -0.39 is 20.8 Å². The molecule has 30 heavy (non-hydrogen) atoms. The van der Waals surface area contributed by atoms with Crippen molar-refractivity contribution in [1.82, 2.24) is 0 Å². The van der Waals surface area contributed by atoms with Gasteiger partial charge in [0.15, 0.2) is 0 Å². The van der Waals surface area contributed by atoms with Gasteiger partial charge in [0, 0.05) is 10.2 Å². The Morgan fingerprint density at radius 3 is 2.13 bits per heavy atom. The summed E-state index contributed by atoms with van der Waals surface area (Å²) in [7, 11) is 13.3. The maximum atomic E-state index is 4.93. The average Bonchev–Trinajstić information content (AvgIpc) is 3.43. The molecule has 1 atom stereocenters. The minimum Gasteiger partial charge on any atom is -0.168 e. The summed E-state index contributed by atoms with van der Waals surface area (Å²) in [5.41, 5.74) is 3.99. The summed E-state index contributed by atoms with van der Waals surface area (Å²) in [5, 5.41) is 2.66. The van der Waals surface area contributed by atoms with E-state index in [2.05, 4.69) is 108 Å². The van der Waals surface area contributed by atoms with Crippen molar-refractivity contribution in [3.8, 4) is 0 Å². The standard InChI is InChI=1S/C10H9.C9H7.C7H7Si.2ClH.Zr/c1-8-6-7-9-4-2-3-5-10(8)9;1-2-5-9-7-3-6-8(9)4-1;8-6-7-4-2-1-3-5-7;;;/h2-8H,1H2;1-7H;1-5H,6H2;2*1H;/q2*-1;;;;+4/p-2. The van der Waals surface area contributed by atoms with Crippen LogP contribution >= 0.6 is 17.0 Å². The average molecular weight is 526 g/mol. The topological polar surface area (TPSA) is 0 Å². The Morgan fingerprint density at radius 1 is 0.867 bits per heavy atom. The predicted octanol–water partition coefficient (Wildman–Crippen LogP) is 7.92. The number of allylic oxidation sites excluding steroid dienone is 1. The Kier molecular flexibility index (Phi) is 12.2. The summed E-state index contributed by atoms with van der Waals surface area (Å²) in [4.78, 5) is 0. The monoisotopic (exact) mass is 523 g/mol. The van der Waals surface area contributed by atoms with E-state index in [4.69, 9.17) is 17.0 Å². The van der Waals surface area contributed by atoms with Gasteiger partial charge in [-0.1, -0.05) is 77.9 Å². The third-order valence-electron chi connectivity index (χ3n) is 4.50. The summed E-state index contributed by atoms with van der Waals surface area (Å²) in [6.45, 7) is 3.99. The second kappa shape index (κ2) is 14.7. The van der Waals surface area contributed by atoms with Gasteiger partial charge in [-0.3, -0.25) is 0 Å². The first-order valence-corrected chi connectivity index (χ1v) is 16.6. The fourth-order valence-electron chi connectivity index (χ4n) is 2.99. The molecule has 0 aromatic heterocycles. The molecule has 0 saturated heterocycles. The van der Waals surface area contributed by atoms with Gasteiger partial charge in [-0.2, -0.15) is 17.5 Å². The summed E-state index contributed by atoms with van der Waals surface area (Å²) >= 11 is -0.826. The van der Waals surface area contributed by atoms with Crippen LogP contribution < -0.4 is 0 Å². The number of hydrogen-bond donors (Lipinski definition) is 0. The van der Waals surface area contributed by atoms with Gasteiger partial charge >= 0.3 is 37.9 Å². The van der Waals surface area contributed by atoms with Gasteiger partial charge in [-0.05, 0) is 11.6 Å². The Hall–Kier alpha value is -1.31. The fraction of sp³-hybridized carbons (Fsp3) is 0.0769. The van der Waals surface area contributed by atoms with Crippen molar-refractivity contribution in [1.29, 1.82) is 0 Å². The summed E-state index contributed by atoms with van der Waals surface area (Å²) < 4.78 is 0.